The standard InChI is InChI=1S/C16H18FN/c1-12-6-7-15(8-13(12)2)11-18-10-14-4-3-5-16(17)9-14/h3-9,18H,10-11H2,1-2H3. The molecule has 0 radical (unpaired) electrons. The van der Waals surface area contributed by atoms with E-state index in [1.54, 1.807) is 12.1 Å². The second kappa shape index (κ2) is 5.78. The van der Waals surface area contributed by atoms with Gasteiger partial charge in [-0.3, -0.25) is 0 Å². The van der Waals surface area contributed by atoms with Crippen molar-refractivity contribution in [2.24, 2.45) is 0 Å². The van der Waals surface area contributed by atoms with Gasteiger partial charge >= 0.3 is 0 Å². The first-order valence-corrected chi connectivity index (χ1v) is 6.16. The molecule has 0 unspecified atom stereocenters. The molecule has 0 amide bonds. The number of hydrogen-bond donors (Lipinski definition) is 1. The number of benzene rings is 2. The Balaban J connectivity index is 1.90. The first kappa shape index (κ1) is 12.8. The molecule has 94 valence electrons. The summed E-state index contributed by atoms with van der Waals surface area (Å²) in [5.74, 6) is -0.180. The number of hydrogen-bond acceptors (Lipinski definition) is 1. The molecule has 0 aliphatic heterocycles. The Morgan fingerprint density at radius 1 is 0.889 bits per heavy atom. The van der Waals surface area contributed by atoms with Gasteiger partial charge in [-0.1, -0.05) is 30.3 Å². The van der Waals surface area contributed by atoms with Gasteiger partial charge in [-0.25, -0.2) is 4.39 Å². The van der Waals surface area contributed by atoms with Crippen LogP contribution >= 0.6 is 0 Å². The Morgan fingerprint density at radius 3 is 2.28 bits per heavy atom. The fraction of sp³-hybridized carbons (Fsp3) is 0.250. The maximum Gasteiger partial charge on any atom is 0.123 e. The first-order valence-electron chi connectivity index (χ1n) is 6.16. The van der Waals surface area contributed by atoms with Gasteiger partial charge in [-0.2, -0.15) is 0 Å². The molecule has 2 heteroatoms. The molecule has 0 saturated heterocycles. The number of halogens is 1. The smallest absolute Gasteiger partial charge is 0.123 e. The lowest BCUT2D eigenvalue weighted by atomic mass is 10.1. The molecular weight excluding hydrogens is 225 g/mol. The first-order chi connectivity index (χ1) is 8.65. The van der Waals surface area contributed by atoms with Crippen molar-refractivity contribution in [3.05, 3.63) is 70.5 Å². The summed E-state index contributed by atoms with van der Waals surface area (Å²) in [5.41, 5.74) is 4.84. The molecule has 0 bridgehead atoms. The van der Waals surface area contributed by atoms with Crippen molar-refractivity contribution in [3.8, 4) is 0 Å². The molecule has 0 atom stereocenters. The average molecular weight is 243 g/mol. The fourth-order valence-electron chi connectivity index (χ4n) is 1.91. The van der Waals surface area contributed by atoms with Crippen molar-refractivity contribution in [3.63, 3.8) is 0 Å². The third-order valence-electron chi connectivity index (χ3n) is 3.12. The molecule has 2 aromatic rings. The maximum atomic E-state index is 13.0. The molecule has 0 heterocycles. The van der Waals surface area contributed by atoms with Gasteiger partial charge in [0.05, 0.1) is 0 Å². The van der Waals surface area contributed by atoms with Gasteiger partial charge in [0.25, 0.3) is 0 Å². The van der Waals surface area contributed by atoms with Crippen molar-refractivity contribution < 1.29 is 4.39 Å². The highest BCUT2D eigenvalue weighted by Gasteiger charge is 1.98. The highest BCUT2D eigenvalue weighted by molar-refractivity contribution is 5.29. The summed E-state index contributed by atoms with van der Waals surface area (Å²) in [5, 5.41) is 3.33. The van der Waals surface area contributed by atoms with E-state index in [0.717, 1.165) is 12.1 Å². The van der Waals surface area contributed by atoms with E-state index in [9.17, 15) is 4.39 Å². The molecule has 0 saturated carbocycles. The van der Waals surface area contributed by atoms with Gasteiger partial charge in [-0.15, -0.1) is 0 Å². The highest BCUT2D eigenvalue weighted by Crippen LogP contribution is 2.10. The monoisotopic (exact) mass is 243 g/mol. The van der Waals surface area contributed by atoms with E-state index in [0.29, 0.717) is 6.54 Å². The number of nitrogens with one attached hydrogen (secondary N) is 1. The number of aryl methyl sites for hydroxylation is 2. The maximum absolute atomic E-state index is 13.0. The predicted molar refractivity (Wildman–Crippen MR) is 72.9 cm³/mol. The van der Waals surface area contributed by atoms with E-state index < -0.39 is 0 Å². The topological polar surface area (TPSA) is 12.0 Å². The van der Waals surface area contributed by atoms with E-state index in [1.807, 2.05) is 6.07 Å². The molecule has 2 aromatic carbocycles. The Labute approximate surface area is 108 Å². The van der Waals surface area contributed by atoms with Crippen LogP contribution in [-0.4, -0.2) is 0 Å². The van der Waals surface area contributed by atoms with Crippen LogP contribution in [0.2, 0.25) is 0 Å². The van der Waals surface area contributed by atoms with Crippen LogP contribution < -0.4 is 5.32 Å². The largest absolute Gasteiger partial charge is 0.309 e. The van der Waals surface area contributed by atoms with Crippen LogP contribution in [0, 0.1) is 19.7 Å². The van der Waals surface area contributed by atoms with Crippen LogP contribution in [0.15, 0.2) is 42.5 Å². The summed E-state index contributed by atoms with van der Waals surface area (Å²) >= 11 is 0. The second-order valence-electron chi connectivity index (χ2n) is 4.65. The van der Waals surface area contributed by atoms with Crippen molar-refractivity contribution in [2.45, 2.75) is 26.9 Å². The van der Waals surface area contributed by atoms with Crippen molar-refractivity contribution >= 4 is 0 Å². The van der Waals surface area contributed by atoms with Crippen LogP contribution in [0.1, 0.15) is 22.3 Å². The van der Waals surface area contributed by atoms with Gasteiger partial charge in [0, 0.05) is 13.1 Å². The lowest BCUT2D eigenvalue weighted by Gasteiger charge is -2.07. The normalized spacial score (nSPS) is 10.6. The molecule has 0 aromatic heterocycles. The zero-order chi connectivity index (χ0) is 13.0. The molecular formula is C16H18FN. The Kier molecular flexibility index (Phi) is 4.11. The van der Waals surface area contributed by atoms with E-state index >= 15 is 0 Å². The van der Waals surface area contributed by atoms with E-state index in [1.165, 1.54) is 22.8 Å². The fourth-order valence-corrected chi connectivity index (χ4v) is 1.91. The third-order valence-corrected chi connectivity index (χ3v) is 3.12. The van der Waals surface area contributed by atoms with Crippen molar-refractivity contribution in [2.75, 3.05) is 0 Å². The summed E-state index contributed by atoms with van der Waals surface area (Å²) in [4.78, 5) is 0. The molecule has 1 nitrogen and oxygen atoms in total. The minimum Gasteiger partial charge on any atom is -0.309 e. The average Bonchev–Trinajstić information content (AvgIpc) is 2.34. The SMILES string of the molecule is Cc1ccc(CNCc2cccc(F)c2)cc1C. The van der Waals surface area contributed by atoms with Gasteiger partial charge in [0.1, 0.15) is 5.82 Å². The van der Waals surface area contributed by atoms with E-state index in [2.05, 4.69) is 37.4 Å². The molecule has 0 aliphatic rings. The Morgan fingerprint density at radius 2 is 1.61 bits per heavy atom. The molecule has 18 heavy (non-hydrogen) atoms. The van der Waals surface area contributed by atoms with Gasteiger partial charge < -0.3 is 5.32 Å². The third kappa shape index (κ3) is 3.41. The summed E-state index contributed by atoms with van der Waals surface area (Å²) in [6.45, 7) is 5.72. The van der Waals surface area contributed by atoms with Gasteiger partial charge in [-0.05, 0) is 48.2 Å². The summed E-state index contributed by atoms with van der Waals surface area (Å²) in [6.07, 6.45) is 0. The lowest BCUT2D eigenvalue weighted by Crippen LogP contribution is -2.12. The van der Waals surface area contributed by atoms with Crippen LogP contribution in [0.4, 0.5) is 4.39 Å². The number of rotatable bonds is 4. The van der Waals surface area contributed by atoms with Crippen LogP contribution in [-0.2, 0) is 13.1 Å². The lowest BCUT2D eigenvalue weighted by molar-refractivity contribution is 0.620. The summed E-state index contributed by atoms with van der Waals surface area (Å²) < 4.78 is 13.0. The zero-order valence-electron chi connectivity index (χ0n) is 10.8. The summed E-state index contributed by atoms with van der Waals surface area (Å²) in [6, 6.07) is 13.1. The van der Waals surface area contributed by atoms with Gasteiger partial charge in [0.15, 0.2) is 0 Å². The van der Waals surface area contributed by atoms with Crippen molar-refractivity contribution in [1.29, 1.82) is 0 Å². The van der Waals surface area contributed by atoms with Gasteiger partial charge in [0.2, 0.25) is 0 Å². The van der Waals surface area contributed by atoms with E-state index in [4.69, 9.17) is 0 Å². The van der Waals surface area contributed by atoms with E-state index in [-0.39, 0.29) is 5.82 Å². The van der Waals surface area contributed by atoms with Crippen LogP contribution in [0.5, 0.6) is 0 Å². The van der Waals surface area contributed by atoms with Crippen molar-refractivity contribution in [1.82, 2.24) is 5.32 Å². The molecule has 1 N–H and O–H groups in total. The molecule has 2 rings (SSSR count). The predicted octanol–water partition coefficient (Wildman–Crippen LogP) is 3.73. The molecule has 0 aliphatic carbocycles. The van der Waals surface area contributed by atoms with Crippen LogP contribution in [0.3, 0.4) is 0 Å². The quantitative estimate of drug-likeness (QED) is 0.862. The minimum atomic E-state index is -0.180. The zero-order valence-corrected chi connectivity index (χ0v) is 10.8. The molecule has 0 fully saturated rings. The Bertz CT molecular complexity index is 534. The Hall–Kier alpha value is -1.67. The summed E-state index contributed by atoms with van der Waals surface area (Å²) in [7, 11) is 0. The molecule has 0 spiro atoms. The second-order valence-corrected chi connectivity index (χ2v) is 4.65. The van der Waals surface area contributed by atoms with Crippen LogP contribution in [0.25, 0.3) is 0 Å². The highest BCUT2D eigenvalue weighted by atomic mass is 19.1. The minimum absolute atomic E-state index is 0.180.